The molecule has 1 fully saturated rings. The molecule has 0 atom stereocenters. The molecule has 2 heteroatoms. The molecule has 0 aliphatic carbocycles. The molecular formula is C14H24N2+2. The first-order valence-corrected chi connectivity index (χ1v) is 6.53. The molecule has 0 amide bonds. The number of quaternary nitrogens is 2. The van der Waals surface area contributed by atoms with Gasteiger partial charge in [0.2, 0.25) is 0 Å². The fourth-order valence-corrected chi connectivity index (χ4v) is 2.50. The third kappa shape index (κ3) is 3.62. The molecule has 88 valence electrons. The number of nitrogens with one attached hydrogen (secondary N) is 1. The maximum Gasteiger partial charge on any atom is 0.0967 e. The summed E-state index contributed by atoms with van der Waals surface area (Å²) >= 11 is 0. The standard InChI is InChI=1S/C14H22N2/c1-16-11-8-14(9-12-16)15-10-7-13-5-3-2-4-6-13/h2-6,14-15H,7-12H2,1H3/p+2. The number of hydrogen-bond donors (Lipinski definition) is 2. The predicted octanol–water partition coefficient (Wildman–Crippen LogP) is -0.530. The van der Waals surface area contributed by atoms with Crippen LogP contribution in [0.25, 0.3) is 0 Å². The topological polar surface area (TPSA) is 21.1 Å². The molecule has 0 aromatic heterocycles. The van der Waals surface area contributed by atoms with Crippen LogP contribution in [0.1, 0.15) is 18.4 Å². The number of hydrogen-bond acceptors (Lipinski definition) is 0. The Balaban J connectivity index is 1.65. The zero-order chi connectivity index (χ0) is 11.2. The molecule has 1 aromatic rings. The van der Waals surface area contributed by atoms with Crippen molar-refractivity contribution in [2.45, 2.75) is 25.3 Å². The molecule has 1 saturated heterocycles. The minimum atomic E-state index is 0.882. The third-order valence-corrected chi connectivity index (χ3v) is 3.66. The summed E-state index contributed by atoms with van der Waals surface area (Å²) in [7, 11) is 2.31. The highest BCUT2D eigenvalue weighted by Gasteiger charge is 2.21. The first-order valence-electron chi connectivity index (χ1n) is 6.53. The largest absolute Gasteiger partial charge is 0.343 e. The summed E-state index contributed by atoms with van der Waals surface area (Å²) in [6, 6.07) is 11.7. The van der Waals surface area contributed by atoms with Gasteiger partial charge < -0.3 is 10.2 Å². The minimum Gasteiger partial charge on any atom is -0.343 e. The molecule has 16 heavy (non-hydrogen) atoms. The normalized spacial score (nSPS) is 25.6. The lowest BCUT2D eigenvalue weighted by Crippen LogP contribution is -3.12. The van der Waals surface area contributed by atoms with E-state index in [0.29, 0.717) is 0 Å². The number of rotatable bonds is 4. The van der Waals surface area contributed by atoms with Crippen molar-refractivity contribution in [2.75, 3.05) is 26.7 Å². The van der Waals surface area contributed by atoms with Gasteiger partial charge in [-0.2, -0.15) is 0 Å². The number of nitrogens with two attached hydrogens (primary N) is 1. The predicted molar refractivity (Wildman–Crippen MR) is 66.6 cm³/mol. The molecule has 0 spiro atoms. The van der Waals surface area contributed by atoms with Crippen LogP contribution < -0.4 is 10.2 Å². The lowest BCUT2D eigenvalue weighted by molar-refractivity contribution is -0.894. The first kappa shape index (κ1) is 11.6. The second-order valence-electron chi connectivity index (χ2n) is 5.05. The molecule has 3 N–H and O–H groups in total. The van der Waals surface area contributed by atoms with E-state index >= 15 is 0 Å². The maximum absolute atomic E-state index is 2.55. The van der Waals surface area contributed by atoms with Crippen molar-refractivity contribution >= 4 is 0 Å². The van der Waals surface area contributed by atoms with Gasteiger partial charge in [0.05, 0.1) is 32.7 Å². The van der Waals surface area contributed by atoms with Crippen LogP contribution in [0.15, 0.2) is 30.3 Å². The lowest BCUT2D eigenvalue weighted by Gasteiger charge is -2.24. The van der Waals surface area contributed by atoms with Crippen molar-refractivity contribution in [1.29, 1.82) is 0 Å². The summed E-state index contributed by atoms with van der Waals surface area (Å²) in [4.78, 5) is 1.70. The highest BCUT2D eigenvalue weighted by Crippen LogP contribution is 1.98. The number of piperidine rings is 1. The van der Waals surface area contributed by atoms with Gasteiger partial charge in [0.15, 0.2) is 0 Å². The van der Waals surface area contributed by atoms with Crippen molar-refractivity contribution < 1.29 is 10.2 Å². The van der Waals surface area contributed by atoms with E-state index in [2.05, 4.69) is 42.7 Å². The average Bonchev–Trinajstić information content (AvgIpc) is 2.33. The van der Waals surface area contributed by atoms with Crippen LogP contribution >= 0.6 is 0 Å². The van der Waals surface area contributed by atoms with Gasteiger partial charge in [0.1, 0.15) is 0 Å². The van der Waals surface area contributed by atoms with Crippen molar-refractivity contribution in [3.63, 3.8) is 0 Å². The first-order chi connectivity index (χ1) is 7.84. The third-order valence-electron chi connectivity index (χ3n) is 3.66. The lowest BCUT2D eigenvalue weighted by atomic mass is 10.1. The molecule has 0 unspecified atom stereocenters. The van der Waals surface area contributed by atoms with Crippen LogP contribution in [0, 0.1) is 0 Å². The molecule has 2 rings (SSSR count). The maximum atomic E-state index is 2.55. The summed E-state index contributed by atoms with van der Waals surface area (Å²) < 4.78 is 0. The van der Waals surface area contributed by atoms with E-state index in [-0.39, 0.29) is 0 Å². The van der Waals surface area contributed by atoms with Crippen molar-refractivity contribution in [3.05, 3.63) is 35.9 Å². The molecule has 1 aliphatic heterocycles. The Morgan fingerprint density at radius 3 is 2.56 bits per heavy atom. The van der Waals surface area contributed by atoms with Gasteiger partial charge in [-0.1, -0.05) is 30.3 Å². The Morgan fingerprint density at radius 2 is 1.88 bits per heavy atom. The van der Waals surface area contributed by atoms with Crippen LogP contribution in [0.5, 0.6) is 0 Å². The van der Waals surface area contributed by atoms with Gasteiger partial charge in [0, 0.05) is 19.3 Å². The summed E-state index contributed by atoms with van der Waals surface area (Å²) in [5, 5.41) is 2.55. The van der Waals surface area contributed by atoms with Gasteiger partial charge in [-0.25, -0.2) is 0 Å². The zero-order valence-corrected chi connectivity index (χ0v) is 10.3. The molecule has 1 heterocycles. The van der Waals surface area contributed by atoms with Crippen LogP contribution in [0.4, 0.5) is 0 Å². The molecule has 0 radical (unpaired) electrons. The quantitative estimate of drug-likeness (QED) is 0.681. The van der Waals surface area contributed by atoms with Gasteiger partial charge in [-0.3, -0.25) is 0 Å². The summed E-state index contributed by atoms with van der Waals surface area (Å²) in [6.07, 6.45) is 3.99. The molecular weight excluding hydrogens is 196 g/mol. The fraction of sp³-hybridized carbons (Fsp3) is 0.571. The van der Waals surface area contributed by atoms with Crippen LogP contribution in [-0.4, -0.2) is 32.7 Å². The molecule has 2 nitrogen and oxygen atoms in total. The van der Waals surface area contributed by atoms with E-state index in [1.165, 1.54) is 44.5 Å². The number of likely N-dealkylation sites (tertiary alicyclic amines) is 1. The van der Waals surface area contributed by atoms with Crippen molar-refractivity contribution in [3.8, 4) is 0 Å². The zero-order valence-electron chi connectivity index (χ0n) is 10.3. The van der Waals surface area contributed by atoms with Crippen molar-refractivity contribution in [2.24, 2.45) is 0 Å². The average molecular weight is 220 g/mol. The van der Waals surface area contributed by atoms with E-state index in [1.807, 2.05) is 0 Å². The van der Waals surface area contributed by atoms with Crippen LogP contribution in [-0.2, 0) is 6.42 Å². The Morgan fingerprint density at radius 1 is 1.19 bits per heavy atom. The van der Waals surface area contributed by atoms with E-state index in [0.717, 1.165) is 6.04 Å². The molecule has 1 aliphatic rings. The highest BCUT2D eigenvalue weighted by molar-refractivity contribution is 5.14. The van der Waals surface area contributed by atoms with E-state index in [9.17, 15) is 0 Å². The van der Waals surface area contributed by atoms with Crippen LogP contribution in [0.3, 0.4) is 0 Å². The van der Waals surface area contributed by atoms with Gasteiger partial charge >= 0.3 is 0 Å². The molecule has 1 aromatic carbocycles. The number of benzene rings is 1. The van der Waals surface area contributed by atoms with Gasteiger partial charge in [-0.05, 0) is 5.56 Å². The van der Waals surface area contributed by atoms with Gasteiger partial charge in [-0.15, -0.1) is 0 Å². The fourth-order valence-electron chi connectivity index (χ4n) is 2.50. The van der Waals surface area contributed by atoms with E-state index < -0.39 is 0 Å². The Hall–Kier alpha value is -0.860. The SMILES string of the molecule is C[NH+]1CCC([NH2+]CCc2ccccc2)CC1. The molecule has 0 bridgehead atoms. The van der Waals surface area contributed by atoms with Gasteiger partial charge in [0.25, 0.3) is 0 Å². The van der Waals surface area contributed by atoms with Crippen molar-refractivity contribution in [1.82, 2.24) is 0 Å². The Bertz CT molecular complexity index is 289. The second-order valence-corrected chi connectivity index (χ2v) is 5.05. The van der Waals surface area contributed by atoms with E-state index in [1.54, 1.807) is 4.90 Å². The molecule has 0 saturated carbocycles. The van der Waals surface area contributed by atoms with Crippen LogP contribution in [0.2, 0.25) is 0 Å². The summed E-state index contributed by atoms with van der Waals surface area (Å²) in [6.45, 7) is 3.95. The Kier molecular flexibility index (Phi) is 4.37. The smallest absolute Gasteiger partial charge is 0.0967 e. The summed E-state index contributed by atoms with van der Waals surface area (Å²) in [5.74, 6) is 0. The summed E-state index contributed by atoms with van der Waals surface area (Å²) in [5.41, 5.74) is 1.47. The van der Waals surface area contributed by atoms with E-state index in [4.69, 9.17) is 0 Å². The second kappa shape index (κ2) is 6.02. The Labute approximate surface area is 98.7 Å². The highest BCUT2D eigenvalue weighted by atomic mass is 15.1. The minimum absolute atomic E-state index is 0.882. The monoisotopic (exact) mass is 220 g/mol.